The molecular formula is C20H34O. The molecule has 1 atom stereocenters. The summed E-state index contributed by atoms with van der Waals surface area (Å²) < 4.78 is 5.80. The van der Waals surface area contributed by atoms with E-state index in [0.29, 0.717) is 0 Å². The molecule has 0 aliphatic rings. The Bertz CT molecular complexity index is 346. The quantitative estimate of drug-likeness (QED) is 0.418. The first-order valence-electron chi connectivity index (χ1n) is 8.79. The number of unbranched alkanes of at least 4 members (excludes halogenated alkanes) is 6. The molecule has 0 N–H and O–H groups in total. The standard InChI is InChI=1S/C20H34O/c1-4-5-6-7-8-9-13-17-20(2,21-3)18-16-19-14-11-10-12-15-19/h10-12,14-15H,4-9,13,16-18H2,1-3H3. The van der Waals surface area contributed by atoms with E-state index in [1.54, 1.807) is 0 Å². The number of ether oxygens (including phenoxy) is 1. The van der Waals surface area contributed by atoms with Gasteiger partial charge in [0, 0.05) is 7.11 Å². The third-order valence-corrected chi connectivity index (χ3v) is 4.59. The van der Waals surface area contributed by atoms with Crippen LogP contribution >= 0.6 is 0 Å². The van der Waals surface area contributed by atoms with Gasteiger partial charge in [0.15, 0.2) is 0 Å². The minimum Gasteiger partial charge on any atom is -0.379 e. The first-order chi connectivity index (χ1) is 10.2. The number of hydrogen-bond donors (Lipinski definition) is 0. The van der Waals surface area contributed by atoms with Crippen molar-refractivity contribution in [3.8, 4) is 0 Å². The van der Waals surface area contributed by atoms with Crippen LogP contribution in [0, 0.1) is 0 Å². The van der Waals surface area contributed by atoms with Crippen LogP contribution in [0.1, 0.15) is 77.2 Å². The molecule has 0 bridgehead atoms. The Labute approximate surface area is 132 Å². The van der Waals surface area contributed by atoms with Gasteiger partial charge in [-0.25, -0.2) is 0 Å². The van der Waals surface area contributed by atoms with Crippen molar-refractivity contribution in [3.63, 3.8) is 0 Å². The molecule has 120 valence electrons. The summed E-state index contributed by atoms with van der Waals surface area (Å²) in [6.07, 6.45) is 13.0. The fourth-order valence-electron chi connectivity index (χ4n) is 2.84. The van der Waals surface area contributed by atoms with Crippen LogP contribution in [-0.4, -0.2) is 12.7 Å². The maximum absolute atomic E-state index is 5.80. The molecule has 1 aromatic rings. The van der Waals surface area contributed by atoms with Crippen molar-refractivity contribution in [3.05, 3.63) is 35.9 Å². The van der Waals surface area contributed by atoms with Crippen molar-refractivity contribution in [2.75, 3.05) is 7.11 Å². The van der Waals surface area contributed by atoms with Gasteiger partial charge in [-0.3, -0.25) is 0 Å². The van der Waals surface area contributed by atoms with Gasteiger partial charge in [-0.2, -0.15) is 0 Å². The third-order valence-electron chi connectivity index (χ3n) is 4.59. The summed E-state index contributed by atoms with van der Waals surface area (Å²) in [4.78, 5) is 0. The van der Waals surface area contributed by atoms with Gasteiger partial charge in [-0.15, -0.1) is 0 Å². The highest BCUT2D eigenvalue weighted by Crippen LogP contribution is 2.25. The molecule has 0 aromatic heterocycles. The topological polar surface area (TPSA) is 9.23 Å². The van der Waals surface area contributed by atoms with Crippen LogP contribution in [0.4, 0.5) is 0 Å². The SMILES string of the molecule is CCCCCCCCCC(C)(CCc1ccccc1)OC. The lowest BCUT2D eigenvalue weighted by Gasteiger charge is -2.28. The zero-order valence-electron chi connectivity index (χ0n) is 14.4. The van der Waals surface area contributed by atoms with Crippen molar-refractivity contribution < 1.29 is 4.74 Å². The van der Waals surface area contributed by atoms with Gasteiger partial charge in [-0.1, -0.05) is 82.2 Å². The van der Waals surface area contributed by atoms with E-state index in [2.05, 4.69) is 44.2 Å². The van der Waals surface area contributed by atoms with E-state index in [0.717, 1.165) is 12.8 Å². The van der Waals surface area contributed by atoms with Gasteiger partial charge in [0.1, 0.15) is 0 Å². The molecule has 0 spiro atoms. The molecule has 1 aromatic carbocycles. The van der Waals surface area contributed by atoms with Crippen molar-refractivity contribution in [1.29, 1.82) is 0 Å². The highest BCUT2D eigenvalue weighted by molar-refractivity contribution is 5.15. The van der Waals surface area contributed by atoms with Gasteiger partial charge in [0.05, 0.1) is 5.60 Å². The Balaban J connectivity index is 2.19. The summed E-state index contributed by atoms with van der Waals surface area (Å²) in [5, 5.41) is 0. The van der Waals surface area contributed by atoms with Crippen LogP contribution in [0.5, 0.6) is 0 Å². The maximum Gasteiger partial charge on any atom is 0.0654 e. The molecule has 0 heterocycles. The Morgan fingerprint density at radius 1 is 0.857 bits per heavy atom. The number of methoxy groups -OCH3 is 1. The molecular weight excluding hydrogens is 256 g/mol. The summed E-state index contributed by atoms with van der Waals surface area (Å²) in [6, 6.07) is 10.7. The zero-order chi connectivity index (χ0) is 15.4. The lowest BCUT2D eigenvalue weighted by molar-refractivity contribution is -0.00986. The highest BCUT2D eigenvalue weighted by Gasteiger charge is 2.22. The smallest absolute Gasteiger partial charge is 0.0654 e. The molecule has 0 fully saturated rings. The largest absolute Gasteiger partial charge is 0.379 e. The Kier molecular flexibility index (Phi) is 9.41. The van der Waals surface area contributed by atoms with Gasteiger partial charge >= 0.3 is 0 Å². The summed E-state index contributed by atoms with van der Waals surface area (Å²) in [6.45, 7) is 4.55. The van der Waals surface area contributed by atoms with E-state index >= 15 is 0 Å². The van der Waals surface area contributed by atoms with E-state index in [-0.39, 0.29) is 5.60 Å². The van der Waals surface area contributed by atoms with Crippen LogP contribution in [0.3, 0.4) is 0 Å². The van der Waals surface area contributed by atoms with E-state index in [9.17, 15) is 0 Å². The van der Waals surface area contributed by atoms with Crippen LogP contribution < -0.4 is 0 Å². The minimum absolute atomic E-state index is 0.0409. The second kappa shape index (κ2) is 10.8. The van der Waals surface area contributed by atoms with Gasteiger partial charge in [0.25, 0.3) is 0 Å². The predicted molar refractivity (Wildman–Crippen MR) is 92.8 cm³/mol. The van der Waals surface area contributed by atoms with Crippen molar-refractivity contribution in [1.82, 2.24) is 0 Å². The summed E-state index contributed by atoms with van der Waals surface area (Å²) in [5.74, 6) is 0. The second-order valence-corrected chi connectivity index (χ2v) is 6.51. The van der Waals surface area contributed by atoms with Crippen LogP contribution in [-0.2, 0) is 11.2 Å². The third kappa shape index (κ3) is 8.26. The van der Waals surface area contributed by atoms with Crippen molar-refractivity contribution >= 4 is 0 Å². The second-order valence-electron chi connectivity index (χ2n) is 6.51. The molecule has 1 unspecified atom stereocenters. The summed E-state index contributed by atoms with van der Waals surface area (Å²) in [7, 11) is 1.87. The molecule has 0 amide bonds. The van der Waals surface area contributed by atoms with E-state index in [4.69, 9.17) is 4.74 Å². The maximum atomic E-state index is 5.80. The normalized spacial score (nSPS) is 14.0. The number of hydrogen-bond acceptors (Lipinski definition) is 1. The predicted octanol–water partition coefficient (Wildman–Crippen LogP) is 6.17. The zero-order valence-corrected chi connectivity index (χ0v) is 14.4. The lowest BCUT2D eigenvalue weighted by atomic mass is 9.90. The molecule has 0 aliphatic heterocycles. The van der Waals surface area contributed by atoms with Crippen LogP contribution in [0.25, 0.3) is 0 Å². The number of aryl methyl sites for hydroxylation is 1. The van der Waals surface area contributed by atoms with Gasteiger partial charge in [0.2, 0.25) is 0 Å². The minimum atomic E-state index is 0.0409. The van der Waals surface area contributed by atoms with E-state index in [1.807, 2.05) is 7.11 Å². The van der Waals surface area contributed by atoms with Crippen LogP contribution in [0.2, 0.25) is 0 Å². The Morgan fingerprint density at radius 2 is 1.48 bits per heavy atom. The van der Waals surface area contributed by atoms with E-state index in [1.165, 1.54) is 56.9 Å². The van der Waals surface area contributed by atoms with Gasteiger partial charge < -0.3 is 4.74 Å². The molecule has 0 radical (unpaired) electrons. The van der Waals surface area contributed by atoms with Crippen molar-refractivity contribution in [2.24, 2.45) is 0 Å². The lowest BCUT2D eigenvalue weighted by Crippen LogP contribution is -2.28. The Hall–Kier alpha value is -0.820. The monoisotopic (exact) mass is 290 g/mol. The average Bonchev–Trinajstić information content (AvgIpc) is 2.53. The molecule has 0 saturated carbocycles. The summed E-state index contributed by atoms with van der Waals surface area (Å²) in [5.41, 5.74) is 1.46. The first-order valence-corrected chi connectivity index (χ1v) is 8.79. The molecule has 1 heteroatoms. The fourth-order valence-corrected chi connectivity index (χ4v) is 2.84. The van der Waals surface area contributed by atoms with Crippen molar-refractivity contribution in [2.45, 2.75) is 83.7 Å². The first kappa shape index (κ1) is 18.2. The average molecular weight is 290 g/mol. The molecule has 21 heavy (non-hydrogen) atoms. The number of rotatable bonds is 12. The fraction of sp³-hybridized carbons (Fsp3) is 0.700. The summed E-state index contributed by atoms with van der Waals surface area (Å²) >= 11 is 0. The molecule has 1 nitrogen and oxygen atoms in total. The van der Waals surface area contributed by atoms with Gasteiger partial charge in [-0.05, 0) is 31.7 Å². The number of benzene rings is 1. The van der Waals surface area contributed by atoms with E-state index < -0.39 is 0 Å². The van der Waals surface area contributed by atoms with Crippen LogP contribution in [0.15, 0.2) is 30.3 Å². The molecule has 0 saturated heterocycles. The Morgan fingerprint density at radius 3 is 2.10 bits per heavy atom. The molecule has 0 aliphatic carbocycles. The highest BCUT2D eigenvalue weighted by atomic mass is 16.5. The molecule has 1 rings (SSSR count).